The molecule has 4 aromatic rings. The van der Waals surface area contributed by atoms with Crippen molar-refractivity contribution < 1.29 is 9.90 Å². The average molecular weight is 432 g/mol. The molecule has 6 rings (SSSR count). The lowest BCUT2D eigenvalue weighted by atomic mass is 9.82. The van der Waals surface area contributed by atoms with Crippen LogP contribution in [0, 0.1) is 0 Å². The van der Waals surface area contributed by atoms with Gasteiger partial charge in [0.25, 0.3) is 0 Å². The van der Waals surface area contributed by atoms with Crippen molar-refractivity contribution in [1.82, 2.24) is 34.4 Å². The molecular formula is C23H25N7O2. The zero-order valence-corrected chi connectivity index (χ0v) is 18.1. The van der Waals surface area contributed by atoms with E-state index >= 15 is 0 Å². The zero-order valence-electron chi connectivity index (χ0n) is 18.1. The van der Waals surface area contributed by atoms with Gasteiger partial charge in [0.05, 0.1) is 11.4 Å². The van der Waals surface area contributed by atoms with E-state index in [4.69, 9.17) is 5.10 Å². The van der Waals surface area contributed by atoms with Crippen molar-refractivity contribution in [3.05, 3.63) is 42.5 Å². The molecule has 2 aliphatic heterocycles. The van der Waals surface area contributed by atoms with E-state index in [-0.39, 0.29) is 11.5 Å². The number of rotatable bonds is 3. The lowest BCUT2D eigenvalue weighted by Crippen LogP contribution is -2.32. The molecule has 1 saturated heterocycles. The third kappa shape index (κ3) is 2.70. The summed E-state index contributed by atoms with van der Waals surface area (Å²) in [6.45, 7) is 6.19. The van der Waals surface area contributed by atoms with Crippen LogP contribution in [0.2, 0.25) is 0 Å². The number of hydrogen-bond donors (Lipinski definition) is 2. The average Bonchev–Trinajstić information content (AvgIpc) is 3.57. The Labute approximate surface area is 184 Å². The van der Waals surface area contributed by atoms with E-state index in [0.29, 0.717) is 13.1 Å². The van der Waals surface area contributed by atoms with E-state index in [1.54, 1.807) is 0 Å². The van der Waals surface area contributed by atoms with Gasteiger partial charge in [-0.15, -0.1) is 0 Å². The van der Waals surface area contributed by atoms with Gasteiger partial charge in [0.2, 0.25) is 0 Å². The van der Waals surface area contributed by atoms with Crippen LogP contribution in [0.25, 0.3) is 33.5 Å². The van der Waals surface area contributed by atoms with Gasteiger partial charge >= 0.3 is 6.09 Å². The summed E-state index contributed by atoms with van der Waals surface area (Å²) >= 11 is 0. The van der Waals surface area contributed by atoms with E-state index in [2.05, 4.69) is 45.7 Å². The second-order valence-corrected chi connectivity index (χ2v) is 9.20. The Bertz CT molecular complexity index is 1350. The Hall–Kier alpha value is -3.62. The molecule has 9 nitrogen and oxygen atoms in total. The van der Waals surface area contributed by atoms with Crippen molar-refractivity contribution in [3.8, 4) is 22.5 Å². The Morgan fingerprint density at radius 2 is 2.09 bits per heavy atom. The molecule has 0 aromatic carbocycles. The van der Waals surface area contributed by atoms with Gasteiger partial charge in [0.1, 0.15) is 5.65 Å². The van der Waals surface area contributed by atoms with Crippen molar-refractivity contribution in [1.29, 1.82) is 0 Å². The number of H-pyrrole nitrogens is 1. The highest BCUT2D eigenvalue weighted by Crippen LogP contribution is 2.44. The number of likely N-dealkylation sites (tertiary alicyclic amines) is 1. The molecule has 1 unspecified atom stereocenters. The van der Waals surface area contributed by atoms with E-state index in [0.717, 1.165) is 58.6 Å². The van der Waals surface area contributed by atoms with Crippen LogP contribution in [0.3, 0.4) is 0 Å². The molecule has 164 valence electrons. The zero-order chi connectivity index (χ0) is 22.0. The van der Waals surface area contributed by atoms with Crippen LogP contribution in [0.1, 0.15) is 38.4 Å². The second-order valence-electron chi connectivity index (χ2n) is 9.20. The third-order valence-corrected chi connectivity index (χ3v) is 7.01. The lowest BCUT2D eigenvalue weighted by molar-refractivity contribution is 0.153. The number of aryl methyl sites for hydroxylation is 1. The summed E-state index contributed by atoms with van der Waals surface area (Å²) in [5.74, 6) is 0. The Kier molecular flexibility index (Phi) is 3.99. The van der Waals surface area contributed by atoms with Crippen LogP contribution in [0.15, 0.2) is 36.8 Å². The largest absolute Gasteiger partial charge is 0.465 e. The number of carboxylic acid groups (broad SMARTS) is 1. The first kappa shape index (κ1) is 19.1. The smallest absolute Gasteiger partial charge is 0.407 e. The number of hydrogen-bond acceptors (Lipinski definition) is 4. The highest BCUT2D eigenvalue weighted by atomic mass is 16.4. The molecule has 9 heteroatoms. The lowest BCUT2D eigenvalue weighted by Gasteiger charge is -2.21. The maximum absolute atomic E-state index is 11.5. The molecule has 2 aliphatic rings. The van der Waals surface area contributed by atoms with Gasteiger partial charge in [-0.1, -0.05) is 0 Å². The summed E-state index contributed by atoms with van der Waals surface area (Å²) in [5, 5.41) is 19.8. The fourth-order valence-electron chi connectivity index (χ4n) is 5.35. The van der Waals surface area contributed by atoms with Crippen LogP contribution in [-0.4, -0.2) is 58.7 Å². The van der Waals surface area contributed by atoms with Gasteiger partial charge in [-0.2, -0.15) is 10.2 Å². The molecule has 0 aliphatic carbocycles. The fourth-order valence-corrected chi connectivity index (χ4v) is 5.35. The minimum Gasteiger partial charge on any atom is -0.465 e. The molecule has 1 fully saturated rings. The summed E-state index contributed by atoms with van der Waals surface area (Å²) in [5.41, 5.74) is 5.81. The predicted octanol–water partition coefficient (Wildman–Crippen LogP) is 3.90. The molecular weight excluding hydrogens is 406 g/mol. The van der Waals surface area contributed by atoms with E-state index < -0.39 is 6.09 Å². The Balaban J connectivity index is 1.40. The van der Waals surface area contributed by atoms with E-state index in [1.807, 2.05) is 29.3 Å². The van der Waals surface area contributed by atoms with E-state index in [9.17, 15) is 9.90 Å². The molecule has 6 heterocycles. The second kappa shape index (κ2) is 6.69. The number of aromatic nitrogens is 6. The molecule has 4 aromatic heterocycles. The molecule has 1 amide bonds. The first-order valence-corrected chi connectivity index (χ1v) is 11.0. The number of fused-ring (bicyclic) bond motifs is 3. The van der Waals surface area contributed by atoms with Crippen LogP contribution >= 0.6 is 0 Å². The quantitative estimate of drug-likeness (QED) is 0.512. The van der Waals surface area contributed by atoms with Gasteiger partial charge in [0, 0.05) is 71.9 Å². The molecule has 2 N–H and O–H groups in total. The number of pyridine rings is 1. The standard InChI is InChI=1S/C23H25N7O2/c1-14(2)30-19(3-6-26-30)17-12-25-21-16(17)9-15(11-24-21)18-10-20-23(5-8-29(20)27-18)4-7-28(13-23)22(31)32/h3,6,9-12,14H,4-5,7-8,13H2,1-2H3,(H,24,25)(H,31,32). The van der Waals surface area contributed by atoms with Crippen LogP contribution in [0.4, 0.5) is 4.79 Å². The van der Waals surface area contributed by atoms with Gasteiger partial charge < -0.3 is 15.0 Å². The number of nitrogens with zero attached hydrogens (tertiary/aromatic N) is 6. The van der Waals surface area contributed by atoms with Crippen molar-refractivity contribution >= 4 is 17.1 Å². The summed E-state index contributed by atoms with van der Waals surface area (Å²) in [7, 11) is 0. The molecule has 1 atom stereocenters. The monoisotopic (exact) mass is 431 g/mol. The topological polar surface area (TPSA) is 105 Å². The number of aromatic amines is 1. The van der Waals surface area contributed by atoms with Gasteiger partial charge in [-0.25, -0.2) is 9.78 Å². The van der Waals surface area contributed by atoms with Crippen molar-refractivity contribution in [2.45, 2.75) is 44.7 Å². The summed E-state index contributed by atoms with van der Waals surface area (Å²) < 4.78 is 4.06. The van der Waals surface area contributed by atoms with Gasteiger partial charge in [-0.05, 0) is 44.9 Å². The molecule has 0 saturated carbocycles. The van der Waals surface area contributed by atoms with Crippen LogP contribution in [0.5, 0.6) is 0 Å². The third-order valence-electron chi connectivity index (χ3n) is 7.01. The first-order valence-electron chi connectivity index (χ1n) is 11.0. The van der Waals surface area contributed by atoms with Crippen LogP contribution < -0.4 is 0 Å². The van der Waals surface area contributed by atoms with Crippen molar-refractivity contribution in [2.75, 3.05) is 13.1 Å². The van der Waals surface area contributed by atoms with Gasteiger partial charge in [-0.3, -0.25) is 9.36 Å². The van der Waals surface area contributed by atoms with Crippen molar-refractivity contribution in [3.63, 3.8) is 0 Å². The number of amides is 1. The molecule has 1 spiro atoms. The van der Waals surface area contributed by atoms with Crippen molar-refractivity contribution in [2.24, 2.45) is 0 Å². The number of nitrogens with one attached hydrogen (secondary N) is 1. The SMILES string of the molecule is CC(C)n1nccc1-c1c[nH]c2ncc(-c3cc4n(n3)CCC43CCN(C(=O)O)C3)cc12. The highest BCUT2D eigenvalue weighted by Gasteiger charge is 2.47. The maximum atomic E-state index is 11.5. The van der Waals surface area contributed by atoms with Crippen LogP contribution in [-0.2, 0) is 12.0 Å². The summed E-state index contributed by atoms with van der Waals surface area (Å²) in [4.78, 5) is 20.9. The predicted molar refractivity (Wildman–Crippen MR) is 119 cm³/mol. The summed E-state index contributed by atoms with van der Waals surface area (Å²) in [6, 6.07) is 6.55. The minimum atomic E-state index is -0.838. The molecule has 0 radical (unpaired) electrons. The number of carbonyl (C=O) groups is 1. The van der Waals surface area contributed by atoms with Gasteiger partial charge in [0.15, 0.2) is 0 Å². The molecule has 0 bridgehead atoms. The maximum Gasteiger partial charge on any atom is 0.407 e. The Morgan fingerprint density at radius 3 is 2.88 bits per heavy atom. The molecule has 32 heavy (non-hydrogen) atoms. The fraction of sp³-hybridized carbons (Fsp3) is 0.391. The summed E-state index contributed by atoms with van der Waals surface area (Å²) in [6.07, 6.45) is 6.62. The Morgan fingerprint density at radius 1 is 1.25 bits per heavy atom. The highest BCUT2D eigenvalue weighted by molar-refractivity contribution is 5.94. The first-order chi connectivity index (χ1) is 15.4. The minimum absolute atomic E-state index is 0.121. The normalized spacial score (nSPS) is 20.2. The van der Waals surface area contributed by atoms with E-state index in [1.165, 1.54) is 4.90 Å².